The summed E-state index contributed by atoms with van der Waals surface area (Å²) < 4.78 is 5.31. The maximum absolute atomic E-state index is 4.93. The van der Waals surface area contributed by atoms with Crippen molar-refractivity contribution in [2.24, 2.45) is 0 Å². The van der Waals surface area contributed by atoms with Gasteiger partial charge in [0.25, 0.3) is 0 Å². The third kappa shape index (κ3) is 5.33. The van der Waals surface area contributed by atoms with Crippen molar-refractivity contribution >= 4 is 113 Å². The van der Waals surface area contributed by atoms with Crippen LogP contribution in [0.4, 0.5) is 17.1 Å². The van der Waals surface area contributed by atoms with Crippen molar-refractivity contribution in [2.75, 3.05) is 4.90 Å². The highest BCUT2D eigenvalue weighted by molar-refractivity contribution is 7.27. The van der Waals surface area contributed by atoms with E-state index in [-0.39, 0.29) is 0 Å². The van der Waals surface area contributed by atoms with Crippen LogP contribution >= 0.6 is 22.7 Å². The summed E-state index contributed by atoms with van der Waals surface area (Å²) in [6, 6.07) is 70.9. The van der Waals surface area contributed by atoms with Crippen molar-refractivity contribution in [2.45, 2.75) is 0 Å². The van der Waals surface area contributed by atoms with Crippen molar-refractivity contribution in [1.29, 1.82) is 0 Å². The molecule has 0 spiro atoms. The smallest absolute Gasteiger partial charge is 0.0709 e. The Labute approximate surface area is 337 Å². The molecular weight excluding hydrogens is 729 g/mol. The second kappa shape index (κ2) is 12.9. The number of para-hydroxylation sites is 1. The van der Waals surface area contributed by atoms with E-state index in [0.29, 0.717) is 0 Å². The quantitative estimate of drug-likeness (QED) is 0.174. The lowest BCUT2D eigenvalue weighted by molar-refractivity contribution is 1.30. The first-order chi connectivity index (χ1) is 28.2. The molecule has 3 aromatic heterocycles. The van der Waals surface area contributed by atoms with Gasteiger partial charge in [0, 0.05) is 79.1 Å². The van der Waals surface area contributed by atoms with Gasteiger partial charge in [-0.05, 0) is 82.6 Å². The number of hydrogen-bond donors (Lipinski definition) is 0. The number of anilines is 3. The Kier molecular flexibility index (Phi) is 7.31. The van der Waals surface area contributed by atoms with Crippen LogP contribution in [0.25, 0.3) is 95.2 Å². The molecule has 0 radical (unpaired) electrons. The summed E-state index contributed by atoms with van der Waals surface area (Å²) in [6.45, 7) is 0. The molecule has 0 atom stereocenters. The van der Waals surface area contributed by atoms with Gasteiger partial charge >= 0.3 is 0 Å². The molecule has 0 fully saturated rings. The number of fused-ring (bicyclic) bond motifs is 11. The molecule has 0 unspecified atom stereocenters. The van der Waals surface area contributed by atoms with Crippen LogP contribution in [0.1, 0.15) is 0 Å². The van der Waals surface area contributed by atoms with Gasteiger partial charge < -0.3 is 4.90 Å². The van der Waals surface area contributed by atoms with Crippen LogP contribution in [0.5, 0.6) is 0 Å². The van der Waals surface area contributed by atoms with E-state index < -0.39 is 0 Å². The molecule has 3 heterocycles. The number of nitrogens with zero attached hydrogens (tertiary/aromatic N) is 2. The molecule has 266 valence electrons. The van der Waals surface area contributed by atoms with Crippen LogP contribution in [0.15, 0.2) is 194 Å². The maximum Gasteiger partial charge on any atom is 0.0709 e. The largest absolute Gasteiger partial charge is 0.310 e. The number of benzene rings is 9. The molecule has 2 nitrogen and oxygen atoms in total. The van der Waals surface area contributed by atoms with E-state index in [1.54, 1.807) is 0 Å². The Morgan fingerprint density at radius 1 is 0.333 bits per heavy atom. The average Bonchev–Trinajstić information content (AvgIpc) is 3.86. The zero-order valence-corrected chi connectivity index (χ0v) is 32.3. The minimum atomic E-state index is 0.984. The Bertz CT molecular complexity index is 3370. The fourth-order valence-electron chi connectivity index (χ4n) is 8.57. The summed E-state index contributed by atoms with van der Waals surface area (Å²) in [5, 5.41) is 11.5. The van der Waals surface area contributed by atoms with Crippen molar-refractivity contribution in [3.05, 3.63) is 194 Å². The third-order valence-corrected chi connectivity index (χ3v) is 13.9. The fraction of sp³-hybridized carbons (Fsp3) is 0. The minimum Gasteiger partial charge on any atom is -0.310 e. The van der Waals surface area contributed by atoms with E-state index in [0.717, 1.165) is 39.2 Å². The average molecular weight is 761 g/mol. The second-order valence-corrected chi connectivity index (χ2v) is 16.8. The van der Waals surface area contributed by atoms with E-state index in [2.05, 4.69) is 193 Å². The molecule has 9 aromatic carbocycles. The monoisotopic (exact) mass is 760 g/mol. The molecular formula is C53H32N2S2. The fourth-order valence-corrected chi connectivity index (χ4v) is 11.0. The van der Waals surface area contributed by atoms with Crippen LogP contribution in [-0.4, -0.2) is 4.98 Å². The van der Waals surface area contributed by atoms with Gasteiger partial charge in [-0.3, -0.25) is 0 Å². The normalized spacial score (nSPS) is 11.9. The van der Waals surface area contributed by atoms with E-state index in [9.17, 15) is 0 Å². The molecule has 4 heteroatoms. The molecule has 12 aromatic rings. The van der Waals surface area contributed by atoms with E-state index >= 15 is 0 Å². The summed E-state index contributed by atoms with van der Waals surface area (Å²) in [6.07, 6.45) is 0. The van der Waals surface area contributed by atoms with Gasteiger partial charge in [0.1, 0.15) is 0 Å². The summed E-state index contributed by atoms with van der Waals surface area (Å²) in [5.74, 6) is 0. The summed E-state index contributed by atoms with van der Waals surface area (Å²) in [7, 11) is 0. The van der Waals surface area contributed by atoms with Crippen LogP contribution in [-0.2, 0) is 0 Å². The zero-order chi connectivity index (χ0) is 37.5. The standard InChI is InChI=1S/C53H32N2S2/c1-4-10-48-37(7-1)23-30-49(54-48)38-15-13-33(14-16-38)34-17-24-39(25-18-34)55(40-26-19-35-21-28-44-42-8-2-5-11-50(42)56-52(44)46(35)31-40)41-27-20-36-22-29-45-43-9-3-6-12-51(43)57-53(45)47(36)32-41/h1-32H. The van der Waals surface area contributed by atoms with Gasteiger partial charge in [-0.15, -0.1) is 22.7 Å². The van der Waals surface area contributed by atoms with Gasteiger partial charge in [0.2, 0.25) is 0 Å². The van der Waals surface area contributed by atoms with Crippen molar-refractivity contribution in [3.63, 3.8) is 0 Å². The topological polar surface area (TPSA) is 16.1 Å². The number of aromatic nitrogens is 1. The van der Waals surface area contributed by atoms with Gasteiger partial charge in [-0.1, -0.05) is 133 Å². The number of hydrogen-bond acceptors (Lipinski definition) is 4. The Balaban J connectivity index is 0.990. The highest BCUT2D eigenvalue weighted by atomic mass is 32.1. The zero-order valence-electron chi connectivity index (χ0n) is 30.7. The molecule has 0 saturated carbocycles. The molecule has 0 aliphatic rings. The van der Waals surface area contributed by atoms with Crippen LogP contribution in [0.3, 0.4) is 0 Å². The summed E-state index contributed by atoms with van der Waals surface area (Å²) in [4.78, 5) is 7.35. The number of thiophene rings is 2. The lowest BCUT2D eigenvalue weighted by Crippen LogP contribution is -2.10. The third-order valence-electron chi connectivity index (χ3n) is 11.4. The molecule has 12 rings (SSSR count). The Morgan fingerprint density at radius 2 is 0.807 bits per heavy atom. The lowest BCUT2D eigenvalue weighted by Gasteiger charge is -2.26. The van der Waals surface area contributed by atoms with E-state index in [4.69, 9.17) is 4.98 Å². The second-order valence-electron chi connectivity index (χ2n) is 14.7. The number of pyridine rings is 1. The van der Waals surface area contributed by atoms with Gasteiger partial charge in [0.05, 0.1) is 11.2 Å². The first kappa shape index (κ1) is 32.4. The predicted octanol–water partition coefficient (Wildman–Crippen LogP) is 16.1. The van der Waals surface area contributed by atoms with Gasteiger partial charge in [-0.25, -0.2) is 4.98 Å². The van der Waals surface area contributed by atoms with Crippen molar-refractivity contribution in [1.82, 2.24) is 4.98 Å². The van der Waals surface area contributed by atoms with Crippen molar-refractivity contribution < 1.29 is 0 Å². The lowest BCUT2D eigenvalue weighted by atomic mass is 10.0. The van der Waals surface area contributed by atoms with E-state index in [1.807, 2.05) is 28.7 Å². The summed E-state index contributed by atoms with van der Waals surface area (Å²) in [5.41, 5.74) is 8.84. The molecule has 57 heavy (non-hydrogen) atoms. The molecule has 0 saturated heterocycles. The predicted molar refractivity (Wildman–Crippen MR) is 248 cm³/mol. The summed E-state index contributed by atoms with van der Waals surface area (Å²) >= 11 is 3.77. The van der Waals surface area contributed by atoms with Crippen LogP contribution in [0.2, 0.25) is 0 Å². The molecule has 0 amide bonds. The molecule has 0 N–H and O–H groups in total. The van der Waals surface area contributed by atoms with Gasteiger partial charge in [-0.2, -0.15) is 0 Å². The minimum absolute atomic E-state index is 0.984. The molecule has 0 aliphatic heterocycles. The van der Waals surface area contributed by atoms with Crippen molar-refractivity contribution in [3.8, 4) is 22.4 Å². The molecule has 0 aliphatic carbocycles. The highest BCUT2D eigenvalue weighted by Crippen LogP contribution is 2.45. The highest BCUT2D eigenvalue weighted by Gasteiger charge is 2.18. The first-order valence-corrected chi connectivity index (χ1v) is 20.9. The maximum atomic E-state index is 4.93. The van der Waals surface area contributed by atoms with E-state index in [1.165, 1.54) is 73.0 Å². The Morgan fingerprint density at radius 3 is 1.42 bits per heavy atom. The van der Waals surface area contributed by atoms with Crippen LogP contribution < -0.4 is 4.90 Å². The van der Waals surface area contributed by atoms with Gasteiger partial charge in [0.15, 0.2) is 0 Å². The number of rotatable bonds is 5. The first-order valence-electron chi connectivity index (χ1n) is 19.3. The molecule has 0 bridgehead atoms. The van der Waals surface area contributed by atoms with Crippen LogP contribution in [0, 0.1) is 0 Å². The SMILES string of the molecule is c1ccc2nc(-c3ccc(-c4ccc(N(c5ccc6ccc7c8ccccc8sc7c6c5)c5ccc6ccc7c8ccccc8sc7c6c5)cc4)cc3)ccc2c1. The Hall–Kier alpha value is -6.85.